The summed E-state index contributed by atoms with van der Waals surface area (Å²) >= 11 is 1.70. The van der Waals surface area contributed by atoms with Crippen molar-refractivity contribution in [1.82, 2.24) is 4.90 Å². The van der Waals surface area contributed by atoms with E-state index >= 15 is 0 Å². The van der Waals surface area contributed by atoms with E-state index in [4.69, 9.17) is 4.74 Å². The van der Waals surface area contributed by atoms with Gasteiger partial charge in [-0.2, -0.15) is 0 Å². The van der Waals surface area contributed by atoms with Gasteiger partial charge in [0.05, 0.1) is 18.1 Å². The summed E-state index contributed by atoms with van der Waals surface area (Å²) in [6, 6.07) is 14.2. The summed E-state index contributed by atoms with van der Waals surface area (Å²) in [5, 5.41) is 14.9. The third kappa shape index (κ3) is 6.82. The summed E-state index contributed by atoms with van der Waals surface area (Å²) in [4.78, 5) is 23.8. The van der Waals surface area contributed by atoms with Crippen molar-refractivity contribution in [3.63, 3.8) is 0 Å². The average Bonchev–Trinajstić information content (AvgIpc) is 2.77. The Balaban J connectivity index is 1.73. The second-order valence-electron chi connectivity index (χ2n) is 7.00. The summed E-state index contributed by atoms with van der Waals surface area (Å²) in [7, 11) is -2.99. The minimum Gasteiger partial charge on any atom is -0.379 e. The zero-order valence-corrected chi connectivity index (χ0v) is 18.3. The number of ether oxygens (including phenoxy) is 1. The van der Waals surface area contributed by atoms with Crippen LogP contribution in [0.15, 0.2) is 53.4 Å². The smallest absolute Gasteiger partial charge is 0.293 e. The molecule has 0 amide bonds. The fraction of sp³-hybridized carbons (Fsp3) is 0.400. The quantitative estimate of drug-likeness (QED) is 0.246. The number of benzene rings is 2. The number of rotatable bonds is 10. The Morgan fingerprint density at radius 1 is 1.23 bits per heavy atom. The molecule has 1 heterocycles. The lowest BCUT2D eigenvalue weighted by molar-refractivity contribution is -0.383. The molecule has 1 aliphatic heterocycles. The Morgan fingerprint density at radius 2 is 1.97 bits per heavy atom. The molecule has 0 spiro atoms. The molecule has 2 aromatic rings. The van der Waals surface area contributed by atoms with Crippen molar-refractivity contribution in [3.05, 3.63) is 58.6 Å². The molecule has 0 aliphatic carbocycles. The molecule has 0 bridgehead atoms. The van der Waals surface area contributed by atoms with Gasteiger partial charge in [-0.05, 0) is 30.7 Å². The molecular formula is C20H26N3O5PS. The molecule has 1 saturated heterocycles. The summed E-state index contributed by atoms with van der Waals surface area (Å²) in [6.07, 6.45) is 0.815. The SMILES string of the molecule is O=[N+]([O-])c1cc([PH](=O)O)ccc1N[C@H](CCN1CCOCC1)CSc1ccccc1. The lowest BCUT2D eigenvalue weighted by Gasteiger charge is -2.29. The molecule has 3 rings (SSSR count). The van der Waals surface area contributed by atoms with Gasteiger partial charge in [0.2, 0.25) is 8.03 Å². The number of anilines is 1. The summed E-state index contributed by atoms with van der Waals surface area (Å²) < 4.78 is 16.8. The maximum absolute atomic E-state index is 11.5. The topological polar surface area (TPSA) is 105 Å². The largest absolute Gasteiger partial charge is 0.379 e. The van der Waals surface area contributed by atoms with Crippen LogP contribution < -0.4 is 10.6 Å². The van der Waals surface area contributed by atoms with Crippen LogP contribution in [-0.2, 0) is 9.30 Å². The molecule has 162 valence electrons. The van der Waals surface area contributed by atoms with Gasteiger partial charge < -0.3 is 14.9 Å². The molecule has 0 saturated carbocycles. The maximum Gasteiger partial charge on any atom is 0.293 e. The predicted octanol–water partition coefficient (Wildman–Crippen LogP) is 2.98. The Morgan fingerprint density at radius 3 is 2.63 bits per heavy atom. The number of nitrogens with zero attached hydrogens (tertiary/aromatic N) is 2. The minimum absolute atomic E-state index is 0.00578. The number of nitrogens with one attached hydrogen (secondary N) is 1. The highest BCUT2D eigenvalue weighted by Gasteiger charge is 2.21. The number of thioether (sulfide) groups is 1. The van der Waals surface area contributed by atoms with Gasteiger partial charge in [-0.3, -0.25) is 19.6 Å². The Hall–Kier alpha value is -1.90. The van der Waals surface area contributed by atoms with Crippen LogP contribution in [-0.4, -0.2) is 59.4 Å². The molecular weight excluding hydrogens is 425 g/mol. The second kappa shape index (κ2) is 11.5. The molecule has 0 radical (unpaired) electrons. The van der Waals surface area contributed by atoms with Crippen molar-refractivity contribution in [1.29, 1.82) is 0 Å². The maximum atomic E-state index is 11.5. The van der Waals surface area contributed by atoms with Gasteiger partial charge in [0.15, 0.2) is 0 Å². The predicted molar refractivity (Wildman–Crippen MR) is 120 cm³/mol. The zero-order valence-electron chi connectivity index (χ0n) is 16.5. The zero-order chi connectivity index (χ0) is 21.3. The summed E-state index contributed by atoms with van der Waals surface area (Å²) in [6.45, 7) is 4.09. The molecule has 1 fully saturated rings. The van der Waals surface area contributed by atoms with Gasteiger partial charge in [0.25, 0.3) is 5.69 Å². The number of hydrogen-bond acceptors (Lipinski definition) is 7. The number of nitro groups is 1. The van der Waals surface area contributed by atoms with Crippen LogP contribution >= 0.6 is 19.8 Å². The Labute approximate surface area is 180 Å². The van der Waals surface area contributed by atoms with Gasteiger partial charge >= 0.3 is 0 Å². The molecule has 2 atom stereocenters. The normalized spacial score (nSPS) is 16.7. The molecule has 30 heavy (non-hydrogen) atoms. The highest BCUT2D eigenvalue weighted by Crippen LogP contribution is 2.29. The standard InChI is InChI=1S/C20H26N3O5PS/c24-23(25)20-14-17(29(26)27)6-7-19(20)21-16(8-9-22-10-12-28-13-11-22)15-30-18-4-2-1-3-5-18/h1-7,14,16,21,29H,8-13,15H2,(H,26,27)/t16-/m1/s1. The van der Waals surface area contributed by atoms with Crippen LogP contribution in [0.4, 0.5) is 11.4 Å². The van der Waals surface area contributed by atoms with Gasteiger partial charge in [-0.1, -0.05) is 18.2 Å². The van der Waals surface area contributed by atoms with Gasteiger partial charge in [-0.25, -0.2) is 0 Å². The fourth-order valence-electron chi connectivity index (χ4n) is 3.23. The first-order chi connectivity index (χ1) is 14.5. The first kappa shape index (κ1) is 22.8. The molecule has 10 heteroatoms. The van der Waals surface area contributed by atoms with Crippen molar-refractivity contribution in [2.45, 2.75) is 17.4 Å². The molecule has 1 aliphatic rings. The van der Waals surface area contributed by atoms with Crippen LogP contribution in [0.5, 0.6) is 0 Å². The van der Waals surface area contributed by atoms with Gasteiger partial charge in [-0.15, -0.1) is 11.8 Å². The van der Waals surface area contributed by atoms with Gasteiger partial charge in [0, 0.05) is 47.7 Å². The van der Waals surface area contributed by atoms with E-state index in [0.29, 0.717) is 5.69 Å². The molecule has 8 nitrogen and oxygen atoms in total. The molecule has 1 unspecified atom stereocenters. The van der Waals surface area contributed by atoms with Crippen molar-refractivity contribution < 1.29 is 19.1 Å². The van der Waals surface area contributed by atoms with Crippen LogP contribution in [0.3, 0.4) is 0 Å². The van der Waals surface area contributed by atoms with Crippen molar-refractivity contribution in [2.75, 3.05) is 43.9 Å². The van der Waals surface area contributed by atoms with E-state index in [2.05, 4.69) is 10.2 Å². The van der Waals surface area contributed by atoms with E-state index in [-0.39, 0.29) is 17.0 Å². The molecule has 0 aromatic heterocycles. The van der Waals surface area contributed by atoms with E-state index in [1.807, 2.05) is 30.3 Å². The van der Waals surface area contributed by atoms with Crippen LogP contribution in [0.1, 0.15) is 6.42 Å². The first-order valence-electron chi connectivity index (χ1n) is 9.79. The lowest BCUT2D eigenvalue weighted by atomic mass is 10.2. The number of morpholine rings is 1. The third-order valence-corrected chi connectivity index (χ3v) is 6.87. The van der Waals surface area contributed by atoms with E-state index in [1.54, 1.807) is 11.8 Å². The number of hydrogen-bond donors (Lipinski definition) is 2. The molecule has 2 aromatic carbocycles. The van der Waals surface area contributed by atoms with Crippen LogP contribution in [0, 0.1) is 10.1 Å². The fourth-order valence-corrected chi connectivity index (χ4v) is 4.71. The van der Waals surface area contributed by atoms with Crippen LogP contribution in [0.25, 0.3) is 0 Å². The first-order valence-corrected chi connectivity index (χ1v) is 12.1. The van der Waals surface area contributed by atoms with E-state index < -0.39 is 13.0 Å². The third-order valence-electron chi connectivity index (χ3n) is 4.89. The highest BCUT2D eigenvalue weighted by molar-refractivity contribution is 7.99. The van der Waals surface area contributed by atoms with Crippen molar-refractivity contribution >= 4 is 36.5 Å². The minimum atomic E-state index is -2.99. The van der Waals surface area contributed by atoms with Crippen LogP contribution in [0.2, 0.25) is 0 Å². The van der Waals surface area contributed by atoms with Crippen molar-refractivity contribution in [2.24, 2.45) is 0 Å². The highest BCUT2D eigenvalue weighted by atomic mass is 32.2. The monoisotopic (exact) mass is 451 g/mol. The number of nitro benzene ring substituents is 1. The molecule has 2 N–H and O–H groups in total. The lowest BCUT2D eigenvalue weighted by Crippen LogP contribution is -2.39. The summed E-state index contributed by atoms with van der Waals surface area (Å²) in [5.74, 6) is 0.740. The van der Waals surface area contributed by atoms with Gasteiger partial charge in [0.1, 0.15) is 5.69 Å². The average molecular weight is 451 g/mol. The summed E-state index contributed by atoms with van der Waals surface area (Å²) in [5.41, 5.74) is 0.189. The Bertz CT molecular complexity index is 865. The van der Waals surface area contributed by atoms with E-state index in [9.17, 15) is 19.6 Å². The van der Waals surface area contributed by atoms with Crippen molar-refractivity contribution in [3.8, 4) is 0 Å². The van der Waals surface area contributed by atoms with E-state index in [0.717, 1.165) is 49.9 Å². The van der Waals surface area contributed by atoms with E-state index in [1.165, 1.54) is 18.2 Å². The Kier molecular flexibility index (Phi) is 8.72. The second-order valence-corrected chi connectivity index (χ2v) is 9.28.